The Balaban J connectivity index is 1.66. The molecule has 1 aromatic carbocycles. The molecule has 6 heteroatoms. The first-order valence-corrected chi connectivity index (χ1v) is 7.85. The number of aliphatic hydroxyl groups excluding tert-OH is 1. The molecule has 2 heterocycles. The zero-order valence-corrected chi connectivity index (χ0v) is 12.7. The van der Waals surface area contributed by atoms with E-state index in [-0.39, 0.29) is 5.82 Å². The molecule has 0 radical (unpaired) electrons. The Morgan fingerprint density at radius 3 is 2.48 bits per heavy atom. The summed E-state index contributed by atoms with van der Waals surface area (Å²) in [5.74, 6) is -0.170. The van der Waals surface area contributed by atoms with Crippen molar-refractivity contribution in [2.75, 3.05) is 36.0 Å². The summed E-state index contributed by atoms with van der Waals surface area (Å²) in [5.41, 5.74) is 0.668. The highest BCUT2D eigenvalue weighted by atomic mass is 32.1. The van der Waals surface area contributed by atoms with Gasteiger partial charge in [0.1, 0.15) is 5.82 Å². The largest absolute Gasteiger partial charge is 0.388 e. The third-order valence-corrected chi connectivity index (χ3v) is 4.89. The molecule has 1 aromatic heterocycles. The molecule has 1 fully saturated rings. The molecule has 4 nitrogen and oxygen atoms in total. The number of aliphatic hydroxyl groups is 1. The zero-order chi connectivity index (χ0) is 14.8. The lowest BCUT2D eigenvalue weighted by Gasteiger charge is -2.36. The Bertz CT molecular complexity index is 608. The van der Waals surface area contributed by atoms with E-state index in [2.05, 4.69) is 14.8 Å². The average Bonchev–Trinajstić information content (AvgIpc) is 2.98. The molecule has 1 unspecified atom stereocenters. The fourth-order valence-electron chi connectivity index (χ4n) is 2.46. The number of rotatable bonds is 3. The third-order valence-electron chi connectivity index (χ3n) is 3.67. The van der Waals surface area contributed by atoms with Gasteiger partial charge < -0.3 is 14.9 Å². The number of benzene rings is 1. The van der Waals surface area contributed by atoms with Crippen LogP contribution in [0.4, 0.5) is 15.2 Å². The molecule has 0 amide bonds. The maximum absolute atomic E-state index is 13.8. The molecule has 21 heavy (non-hydrogen) atoms. The number of hydrogen-bond acceptors (Lipinski definition) is 5. The van der Waals surface area contributed by atoms with Gasteiger partial charge in [0.15, 0.2) is 5.13 Å². The molecule has 3 rings (SSSR count). The second kappa shape index (κ2) is 5.99. The molecular formula is C15H18FN3OS. The number of aromatic nitrogens is 1. The highest BCUT2D eigenvalue weighted by Crippen LogP contribution is 2.28. The fourth-order valence-corrected chi connectivity index (χ4v) is 3.37. The third kappa shape index (κ3) is 3.01. The molecule has 2 aromatic rings. The fraction of sp³-hybridized carbons (Fsp3) is 0.400. The smallest absolute Gasteiger partial charge is 0.185 e. The standard InChI is InChI=1S/C15H18FN3OS/c1-11(20)14-10-17-15(21-14)19-8-6-18(7-9-19)13-5-3-2-4-12(13)16/h2-5,10-11,20H,6-9H2,1H3. The van der Waals surface area contributed by atoms with Gasteiger partial charge in [-0.1, -0.05) is 23.5 Å². The topological polar surface area (TPSA) is 39.6 Å². The van der Waals surface area contributed by atoms with Gasteiger partial charge in [0.2, 0.25) is 0 Å². The van der Waals surface area contributed by atoms with Crippen LogP contribution in [-0.2, 0) is 0 Å². The second-order valence-electron chi connectivity index (χ2n) is 5.15. The molecule has 0 saturated carbocycles. The first-order chi connectivity index (χ1) is 10.1. The molecular weight excluding hydrogens is 289 g/mol. The quantitative estimate of drug-likeness (QED) is 0.946. The Morgan fingerprint density at radius 1 is 1.19 bits per heavy atom. The van der Waals surface area contributed by atoms with Crippen molar-refractivity contribution in [1.82, 2.24) is 4.98 Å². The normalized spacial score (nSPS) is 17.1. The number of piperazine rings is 1. The van der Waals surface area contributed by atoms with E-state index in [1.807, 2.05) is 12.1 Å². The van der Waals surface area contributed by atoms with Gasteiger partial charge in [-0.15, -0.1) is 0 Å². The van der Waals surface area contributed by atoms with Gasteiger partial charge in [-0.2, -0.15) is 0 Å². The lowest BCUT2D eigenvalue weighted by Crippen LogP contribution is -2.46. The predicted molar refractivity (Wildman–Crippen MR) is 83.6 cm³/mol. The van der Waals surface area contributed by atoms with E-state index in [0.717, 1.165) is 36.2 Å². The lowest BCUT2D eigenvalue weighted by atomic mass is 10.2. The molecule has 1 atom stereocenters. The number of nitrogens with zero attached hydrogens (tertiary/aromatic N) is 3. The monoisotopic (exact) mass is 307 g/mol. The van der Waals surface area contributed by atoms with Crippen LogP contribution in [0.3, 0.4) is 0 Å². The van der Waals surface area contributed by atoms with Gasteiger partial charge in [-0.05, 0) is 19.1 Å². The Labute approximate surface area is 127 Å². The molecule has 1 saturated heterocycles. The van der Waals surface area contributed by atoms with Crippen LogP contribution in [0.5, 0.6) is 0 Å². The molecule has 0 aliphatic carbocycles. The highest BCUT2D eigenvalue weighted by molar-refractivity contribution is 7.15. The maximum atomic E-state index is 13.8. The van der Waals surface area contributed by atoms with Gasteiger partial charge in [-0.3, -0.25) is 0 Å². The first-order valence-electron chi connectivity index (χ1n) is 7.03. The lowest BCUT2D eigenvalue weighted by molar-refractivity contribution is 0.203. The Morgan fingerprint density at radius 2 is 1.86 bits per heavy atom. The highest BCUT2D eigenvalue weighted by Gasteiger charge is 2.21. The van der Waals surface area contributed by atoms with Crippen LogP contribution >= 0.6 is 11.3 Å². The van der Waals surface area contributed by atoms with Crippen LogP contribution in [-0.4, -0.2) is 36.3 Å². The van der Waals surface area contributed by atoms with Crippen LogP contribution in [0.25, 0.3) is 0 Å². The molecule has 0 spiro atoms. The molecule has 1 N–H and O–H groups in total. The van der Waals surface area contributed by atoms with E-state index in [4.69, 9.17) is 0 Å². The van der Waals surface area contributed by atoms with Crippen molar-refractivity contribution in [3.8, 4) is 0 Å². The van der Waals surface area contributed by atoms with Crippen LogP contribution in [0.2, 0.25) is 0 Å². The van der Waals surface area contributed by atoms with Gasteiger partial charge in [0, 0.05) is 32.4 Å². The van der Waals surface area contributed by atoms with E-state index < -0.39 is 6.10 Å². The van der Waals surface area contributed by atoms with Crippen LogP contribution in [0, 0.1) is 5.82 Å². The summed E-state index contributed by atoms with van der Waals surface area (Å²) < 4.78 is 13.8. The Hall–Kier alpha value is -1.66. The van der Waals surface area contributed by atoms with Crippen LogP contribution < -0.4 is 9.80 Å². The molecule has 1 aliphatic rings. The molecule has 112 valence electrons. The summed E-state index contributed by atoms with van der Waals surface area (Å²) in [6.07, 6.45) is 1.25. The summed E-state index contributed by atoms with van der Waals surface area (Å²) >= 11 is 1.52. The second-order valence-corrected chi connectivity index (χ2v) is 6.19. The van der Waals surface area contributed by atoms with Crippen molar-refractivity contribution in [2.24, 2.45) is 0 Å². The summed E-state index contributed by atoms with van der Waals surface area (Å²) in [6.45, 7) is 4.89. The summed E-state index contributed by atoms with van der Waals surface area (Å²) in [7, 11) is 0. The van der Waals surface area contributed by atoms with Gasteiger partial charge >= 0.3 is 0 Å². The summed E-state index contributed by atoms with van der Waals surface area (Å²) in [4.78, 5) is 9.50. The predicted octanol–water partition coefficient (Wildman–Crippen LogP) is 2.66. The maximum Gasteiger partial charge on any atom is 0.185 e. The van der Waals surface area contributed by atoms with Crippen molar-refractivity contribution in [1.29, 1.82) is 0 Å². The van der Waals surface area contributed by atoms with E-state index in [1.54, 1.807) is 19.2 Å². The van der Waals surface area contributed by atoms with Crippen molar-refractivity contribution in [3.05, 3.63) is 41.2 Å². The number of hydrogen-bond donors (Lipinski definition) is 1. The number of anilines is 2. The summed E-state index contributed by atoms with van der Waals surface area (Å²) in [5, 5.41) is 10.5. The van der Waals surface area contributed by atoms with Gasteiger partial charge in [-0.25, -0.2) is 9.37 Å². The van der Waals surface area contributed by atoms with E-state index in [1.165, 1.54) is 17.4 Å². The van der Waals surface area contributed by atoms with Crippen LogP contribution in [0.15, 0.2) is 30.5 Å². The summed E-state index contributed by atoms with van der Waals surface area (Å²) in [6, 6.07) is 6.89. The van der Waals surface area contributed by atoms with Gasteiger partial charge in [0.05, 0.1) is 16.7 Å². The first kappa shape index (κ1) is 14.3. The van der Waals surface area contributed by atoms with E-state index in [0.29, 0.717) is 5.69 Å². The van der Waals surface area contributed by atoms with Gasteiger partial charge in [0.25, 0.3) is 0 Å². The van der Waals surface area contributed by atoms with Crippen molar-refractivity contribution in [3.63, 3.8) is 0 Å². The van der Waals surface area contributed by atoms with Crippen molar-refractivity contribution in [2.45, 2.75) is 13.0 Å². The van der Waals surface area contributed by atoms with E-state index in [9.17, 15) is 9.50 Å². The number of para-hydroxylation sites is 1. The molecule has 1 aliphatic heterocycles. The number of halogens is 1. The van der Waals surface area contributed by atoms with Crippen LogP contribution in [0.1, 0.15) is 17.9 Å². The van der Waals surface area contributed by atoms with E-state index >= 15 is 0 Å². The zero-order valence-electron chi connectivity index (χ0n) is 11.9. The Kier molecular flexibility index (Phi) is 4.07. The molecule has 0 bridgehead atoms. The average molecular weight is 307 g/mol. The minimum absolute atomic E-state index is 0.170. The minimum Gasteiger partial charge on any atom is -0.388 e. The SMILES string of the molecule is CC(O)c1cnc(N2CCN(c3ccccc3F)CC2)s1. The minimum atomic E-state index is -0.476. The van der Waals surface area contributed by atoms with Crippen molar-refractivity contribution < 1.29 is 9.50 Å². The van der Waals surface area contributed by atoms with Crippen molar-refractivity contribution >= 4 is 22.2 Å². The number of thiazole rings is 1.